The summed E-state index contributed by atoms with van der Waals surface area (Å²) in [5.41, 5.74) is 2.63. The van der Waals surface area contributed by atoms with Gasteiger partial charge in [-0.15, -0.1) is 0 Å². The SMILES string of the molecule is O=C(Nc1ccc2[nH]ncc2c1)c1ccc(NC(=O)c2ccco2)cc1. The van der Waals surface area contributed by atoms with E-state index in [1.165, 1.54) is 6.26 Å². The molecule has 128 valence electrons. The number of aromatic nitrogens is 2. The van der Waals surface area contributed by atoms with E-state index in [-0.39, 0.29) is 17.6 Å². The van der Waals surface area contributed by atoms with E-state index < -0.39 is 0 Å². The fourth-order valence-corrected chi connectivity index (χ4v) is 2.53. The van der Waals surface area contributed by atoms with Crippen molar-refractivity contribution >= 4 is 34.1 Å². The normalized spacial score (nSPS) is 10.6. The second-order valence-electron chi connectivity index (χ2n) is 5.63. The van der Waals surface area contributed by atoms with Crippen molar-refractivity contribution in [3.8, 4) is 0 Å². The van der Waals surface area contributed by atoms with Crippen molar-refractivity contribution in [2.75, 3.05) is 10.6 Å². The van der Waals surface area contributed by atoms with Crippen LogP contribution in [0.25, 0.3) is 10.9 Å². The Hall–Kier alpha value is -3.87. The lowest BCUT2D eigenvalue weighted by Crippen LogP contribution is -2.13. The maximum Gasteiger partial charge on any atom is 0.291 e. The van der Waals surface area contributed by atoms with E-state index in [2.05, 4.69) is 20.8 Å². The second kappa shape index (κ2) is 6.56. The van der Waals surface area contributed by atoms with Gasteiger partial charge in [-0.1, -0.05) is 0 Å². The number of furan rings is 1. The van der Waals surface area contributed by atoms with Crippen molar-refractivity contribution in [2.45, 2.75) is 0 Å². The molecule has 2 aromatic heterocycles. The Morgan fingerprint density at radius 1 is 0.923 bits per heavy atom. The first-order chi connectivity index (χ1) is 12.7. The van der Waals surface area contributed by atoms with Crippen molar-refractivity contribution < 1.29 is 14.0 Å². The van der Waals surface area contributed by atoms with Gasteiger partial charge in [0.1, 0.15) is 0 Å². The van der Waals surface area contributed by atoms with Gasteiger partial charge in [-0.25, -0.2) is 0 Å². The quantitative estimate of drug-likeness (QED) is 0.525. The Balaban J connectivity index is 1.44. The number of anilines is 2. The summed E-state index contributed by atoms with van der Waals surface area (Å²) in [6, 6.07) is 15.3. The van der Waals surface area contributed by atoms with E-state index in [0.717, 1.165) is 10.9 Å². The minimum atomic E-state index is -0.347. The Kier molecular flexibility index (Phi) is 3.95. The van der Waals surface area contributed by atoms with Crippen LogP contribution in [-0.4, -0.2) is 22.0 Å². The fourth-order valence-electron chi connectivity index (χ4n) is 2.53. The highest BCUT2D eigenvalue weighted by Gasteiger charge is 2.10. The third-order valence-corrected chi connectivity index (χ3v) is 3.85. The summed E-state index contributed by atoms with van der Waals surface area (Å²) in [4.78, 5) is 24.3. The molecule has 0 radical (unpaired) electrons. The summed E-state index contributed by atoms with van der Waals surface area (Å²) < 4.78 is 5.04. The number of amides is 2. The summed E-state index contributed by atoms with van der Waals surface area (Å²) in [7, 11) is 0. The molecule has 0 aliphatic heterocycles. The molecule has 4 aromatic rings. The first-order valence-electron chi connectivity index (χ1n) is 7.88. The molecule has 0 atom stereocenters. The van der Waals surface area contributed by atoms with Gasteiger partial charge in [0, 0.05) is 22.3 Å². The van der Waals surface area contributed by atoms with E-state index in [1.54, 1.807) is 48.7 Å². The average Bonchev–Trinajstić information content (AvgIpc) is 3.33. The van der Waals surface area contributed by atoms with Gasteiger partial charge in [0.15, 0.2) is 5.76 Å². The maximum absolute atomic E-state index is 12.4. The third kappa shape index (κ3) is 3.18. The van der Waals surface area contributed by atoms with Crippen molar-refractivity contribution in [2.24, 2.45) is 0 Å². The number of rotatable bonds is 4. The summed E-state index contributed by atoms with van der Waals surface area (Å²) in [6.45, 7) is 0. The highest BCUT2D eigenvalue weighted by atomic mass is 16.3. The molecule has 0 bridgehead atoms. The van der Waals surface area contributed by atoms with E-state index in [9.17, 15) is 9.59 Å². The monoisotopic (exact) mass is 346 g/mol. The number of benzene rings is 2. The molecule has 2 amide bonds. The minimum absolute atomic E-state index is 0.224. The fraction of sp³-hybridized carbons (Fsp3) is 0. The molecule has 0 saturated carbocycles. The van der Waals surface area contributed by atoms with Crippen LogP contribution >= 0.6 is 0 Å². The van der Waals surface area contributed by atoms with Crippen LogP contribution in [0.2, 0.25) is 0 Å². The van der Waals surface area contributed by atoms with Crippen molar-refractivity contribution in [3.63, 3.8) is 0 Å². The van der Waals surface area contributed by atoms with Gasteiger partial charge >= 0.3 is 0 Å². The van der Waals surface area contributed by atoms with Crippen LogP contribution in [0.15, 0.2) is 71.5 Å². The molecule has 0 unspecified atom stereocenters. The van der Waals surface area contributed by atoms with Crippen LogP contribution in [0.5, 0.6) is 0 Å². The number of aromatic amines is 1. The topological polar surface area (TPSA) is 100 Å². The lowest BCUT2D eigenvalue weighted by atomic mass is 10.1. The molecule has 26 heavy (non-hydrogen) atoms. The van der Waals surface area contributed by atoms with Gasteiger partial charge in [-0.3, -0.25) is 14.7 Å². The predicted molar refractivity (Wildman–Crippen MR) is 97.2 cm³/mol. The number of nitrogens with zero attached hydrogens (tertiary/aromatic N) is 1. The average molecular weight is 346 g/mol. The van der Waals surface area contributed by atoms with Crippen molar-refractivity contribution in [1.82, 2.24) is 10.2 Å². The zero-order valence-electron chi connectivity index (χ0n) is 13.5. The third-order valence-electron chi connectivity index (χ3n) is 3.85. The molecule has 2 heterocycles. The molecule has 0 aliphatic carbocycles. The molecule has 7 nitrogen and oxygen atoms in total. The number of carbonyl (C=O) groups excluding carboxylic acids is 2. The lowest BCUT2D eigenvalue weighted by molar-refractivity contribution is 0.0995. The predicted octanol–water partition coefficient (Wildman–Crippen LogP) is 3.66. The Morgan fingerprint density at radius 3 is 2.46 bits per heavy atom. The Bertz CT molecular complexity index is 1070. The summed E-state index contributed by atoms with van der Waals surface area (Å²) >= 11 is 0. The molecule has 4 rings (SSSR count). The number of hydrogen-bond donors (Lipinski definition) is 3. The number of hydrogen-bond acceptors (Lipinski definition) is 4. The summed E-state index contributed by atoms with van der Waals surface area (Å²) in [5, 5.41) is 13.3. The summed E-state index contributed by atoms with van der Waals surface area (Å²) in [5.74, 6) is -0.362. The standard InChI is InChI=1S/C19H14N4O3/c24-18(22-15-7-8-16-13(10-15)11-20-23-16)12-3-5-14(6-4-12)21-19(25)17-2-1-9-26-17/h1-11H,(H,20,23)(H,21,25)(H,22,24). The number of nitrogens with one attached hydrogen (secondary N) is 3. The van der Waals surface area contributed by atoms with Crippen molar-refractivity contribution in [3.05, 3.63) is 78.4 Å². The van der Waals surface area contributed by atoms with Gasteiger partial charge in [0.25, 0.3) is 11.8 Å². The second-order valence-corrected chi connectivity index (χ2v) is 5.63. The zero-order chi connectivity index (χ0) is 17.9. The number of carbonyl (C=O) groups is 2. The van der Waals surface area contributed by atoms with Gasteiger partial charge < -0.3 is 15.1 Å². The molecule has 0 aliphatic rings. The van der Waals surface area contributed by atoms with Crippen LogP contribution < -0.4 is 10.6 Å². The molecular formula is C19H14N4O3. The molecule has 0 spiro atoms. The molecule has 0 fully saturated rings. The Labute approximate surface area is 148 Å². The molecule has 7 heteroatoms. The maximum atomic E-state index is 12.4. The molecular weight excluding hydrogens is 332 g/mol. The van der Waals surface area contributed by atoms with Gasteiger partial charge in [-0.2, -0.15) is 5.10 Å². The van der Waals surface area contributed by atoms with Crippen LogP contribution in [0.4, 0.5) is 11.4 Å². The van der Waals surface area contributed by atoms with Gasteiger partial charge in [-0.05, 0) is 54.6 Å². The van der Waals surface area contributed by atoms with Crippen LogP contribution in [0.3, 0.4) is 0 Å². The van der Waals surface area contributed by atoms with Crippen molar-refractivity contribution in [1.29, 1.82) is 0 Å². The van der Waals surface area contributed by atoms with E-state index in [4.69, 9.17) is 4.42 Å². The van der Waals surface area contributed by atoms with E-state index in [0.29, 0.717) is 16.9 Å². The largest absolute Gasteiger partial charge is 0.459 e. The van der Waals surface area contributed by atoms with Crippen LogP contribution in [0.1, 0.15) is 20.9 Å². The Morgan fingerprint density at radius 2 is 1.69 bits per heavy atom. The zero-order valence-corrected chi connectivity index (χ0v) is 13.5. The van der Waals surface area contributed by atoms with E-state index in [1.807, 2.05) is 12.1 Å². The lowest BCUT2D eigenvalue weighted by Gasteiger charge is -2.07. The minimum Gasteiger partial charge on any atom is -0.459 e. The number of H-pyrrole nitrogens is 1. The van der Waals surface area contributed by atoms with Gasteiger partial charge in [0.05, 0.1) is 18.0 Å². The summed E-state index contributed by atoms with van der Waals surface area (Å²) in [6.07, 6.45) is 3.13. The highest BCUT2D eigenvalue weighted by Crippen LogP contribution is 2.18. The first kappa shape index (κ1) is 15.6. The highest BCUT2D eigenvalue weighted by molar-refractivity contribution is 6.06. The van der Waals surface area contributed by atoms with Crippen LogP contribution in [-0.2, 0) is 0 Å². The first-order valence-corrected chi connectivity index (χ1v) is 7.88. The number of fused-ring (bicyclic) bond motifs is 1. The molecule has 0 saturated heterocycles. The molecule has 2 aromatic carbocycles. The molecule has 3 N–H and O–H groups in total. The van der Waals surface area contributed by atoms with Gasteiger partial charge in [0.2, 0.25) is 0 Å². The van der Waals surface area contributed by atoms with E-state index >= 15 is 0 Å². The smallest absolute Gasteiger partial charge is 0.291 e. The van der Waals surface area contributed by atoms with Crippen LogP contribution in [0, 0.1) is 0 Å².